The van der Waals surface area contributed by atoms with Crippen LogP contribution in [0.4, 0.5) is 0 Å². The fourth-order valence-corrected chi connectivity index (χ4v) is 4.17. The van der Waals surface area contributed by atoms with E-state index in [4.69, 9.17) is 18.9 Å². The van der Waals surface area contributed by atoms with E-state index in [1.165, 1.54) is 21.3 Å². The van der Waals surface area contributed by atoms with Crippen molar-refractivity contribution in [1.29, 1.82) is 0 Å². The van der Waals surface area contributed by atoms with Gasteiger partial charge in [0.05, 0.1) is 25.7 Å². The van der Waals surface area contributed by atoms with Crippen LogP contribution in [0.25, 0.3) is 0 Å². The van der Waals surface area contributed by atoms with Crippen molar-refractivity contribution in [2.75, 3.05) is 21.3 Å². The molecule has 0 radical (unpaired) electrons. The number of aliphatic hydroxyl groups is 1. The van der Waals surface area contributed by atoms with Crippen LogP contribution < -0.4 is 14.2 Å². The predicted octanol–water partition coefficient (Wildman–Crippen LogP) is 2.38. The lowest BCUT2D eigenvalue weighted by molar-refractivity contribution is -0.245. The summed E-state index contributed by atoms with van der Waals surface area (Å²) in [6.07, 6.45) is 0.100. The van der Waals surface area contributed by atoms with E-state index < -0.39 is 17.3 Å². The molecule has 1 aliphatic carbocycles. The molecule has 2 aromatic carbocycles. The lowest BCUT2D eigenvalue weighted by Gasteiger charge is -2.36. The second kappa shape index (κ2) is 5.72. The first-order valence-corrected chi connectivity index (χ1v) is 8.33. The van der Waals surface area contributed by atoms with Crippen LogP contribution in [0, 0.1) is 0 Å². The SMILES string of the molecule is COc1cc(OC)c2c(c1)O[C@@]1(OC)[C@H](c3ccccc3)CC(=O)[C@@]21O. The Morgan fingerprint density at radius 1 is 1.12 bits per heavy atom. The maximum absolute atomic E-state index is 13.0. The van der Waals surface area contributed by atoms with E-state index in [2.05, 4.69) is 0 Å². The summed E-state index contributed by atoms with van der Waals surface area (Å²) >= 11 is 0. The zero-order valence-corrected chi connectivity index (χ0v) is 14.8. The van der Waals surface area contributed by atoms with E-state index in [1.54, 1.807) is 12.1 Å². The molecule has 0 spiro atoms. The Balaban J connectivity index is 1.95. The number of fused-ring (bicyclic) bond motifs is 3. The predicted molar refractivity (Wildman–Crippen MR) is 92.6 cm³/mol. The molecule has 0 saturated heterocycles. The first-order valence-electron chi connectivity index (χ1n) is 8.33. The fraction of sp³-hybridized carbons (Fsp3) is 0.350. The highest BCUT2D eigenvalue weighted by Gasteiger charge is 2.74. The van der Waals surface area contributed by atoms with Gasteiger partial charge in [-0.3, -0.25) is 4.79 Å². The number of hydrogen-bond acceptors (Lipinski definition) is 6. The van der Waals surface area contributed by atoms with Crippen molar-refractivity contribution in [3.05, 3.63) is 53.6 Å². The van der Waals surface area contributed by atoms with E-state index in [9.17, 15) is 9.90 Å². The van der Waals surface area contributed by atoms with Gasteiger partial charge in [0.25, 0.3) is 5.79 Å². The number of benzene rings is 2. The average molecular weight is 356 g/mol. The van der Waals surface area contributed by atoms with Crippen molar-refractivity contribution < 1.29 is 28.8 Å². The Morgan fingerprint density at radius 2 is 1.85 bits per heavy atom. The van der Waals surface area contributed by atoms with Crippen LogP contribution in [0.1, 0.15) is 23.5 Å². The van der Waals surface area contributed by atoms with E-state index in [-0.39, 0.29) is 17.8 Å². The molecule has 1 fully saturated rings. The van der Waals surface area contributed by atoms with Crippen LogP contribution in [0.15, 0.2) is 42.5 Å². The largest absolute Gasteiger partial charge is 0.496 e. The Hall–Kier alpha value is -2.57. The third kappa shape index (κ3) is 1.91. The highest BCUT2D eigenvalue weighted by Crippen LogP contribution is 2.63. The van der Waals surface area contributed by atoms with Crippen molar-refractivity contribution in [1.82, 2.24) is 0 Å². The number of ether oxygens (including phenoxy) is 4. The summed E-state index contributed by atoms with van der Waals surface area (Å²) < 4.78 is 22.6. The second-order valence-electron chi connectivity index (χ2n) is 6.48. The van der Waals surface area contributed by atoms with Gasteiger partial charge in [-0.25, -0.2) is 0 Å². The minimum atomic E-state index is -1.96. The molecular formula is C20H20O6. The van der Waals surface area contributed by atoms with Gasteiger partial charge < -0.3 is 24.1 Å². The van der Waals surface area contributed by atoms with Crippen LogP contribution >= 0.6 is 0 Å². The number of hydrogen-bond donors (Lipinski definition) is 1. The van der Waals surface area contributed by atoms with E-state index in [0.717, 1.165) is 5.56 Å². The maximum atomic E-state index is 13.0. The van der Waals surface area contributed by atoms with Crippen LogP contribution in [0.3, 0.4) is 0 Å². The van der Waals surface area contributed by atoms with Crippen LogP contribution in [0.5, 0.6) is 17.2 Å². The van der Waals surface area contributed by atoms with Gasteiger partial charge in [0, 0.05) is 25.7 Å². The normalized spacial score (nSPS) is 29.1. The maximum Gasteiger partial charge on any atom is 0.258 e. The Bertz CT molecular complexity index is 864. The van der Waals surface area contributed by atoms with Gasteiger partial charge in [0.2, 0.25) is 5.60 Å². The number of carbonyl (C=O) groups is 1. The van der Waals surface area contributed by atoms with Gasteiger partial charge >= 0.3 is 0 Å². The van der Waals surface area contributed by atoms with Crippen molar-refractivity contribution >= 4 is 5.78 Å². The zero-order valence-electron chi connectivity index (χ0n) is 14.8. The lowest BCUT2D eigenvalue weighted by atomic mass is 9.84. The molecule has 2 aromatic rings. The minimum Gasteiger partial charge on any atom is -0.496 e. The monoisotopic (exact) mass is 356 g/mol. The van der Waals surface area contributed by atoms with Gasteiger partial charge in [-0.1, -0.05) is 30.3 Å². The average Bonchev–Trinajstić information content (AvgIpc) is 3.07. The van der Waals surface area contributed by atoms with Crippen LogP contribution in [-0.4, -0.2) is 38.0 Å². The lowest BCUT2D eigenvalue weighted by Crippen LogP contribution is -2.54. The summed E-state index contributed by atoms with van der Waals surface area (Å²) in [4.78, 5) is 13.0. The number of Topliss-reactive ketones (excluding diaryl/α,β-unsaturated/α-hetero) is 1. The van der Waals surface area contributed by atoms with Gasteiger partial charge in [0.1, 0.15) is 17.2 Å². The molecule has 3 atom stereocenters. The number of rotatable bonds is 4. The third-order valence-corrected chi connectivity index (χ3v) is 5.38. The zero-order chi connectivity index (χ0) is 18.5. The Labute approximate surface area is 151 Å². The number of methoxy groups -OCH3 is 3. The highest BCUT2D eigenvalue weighted by molar-refractivity contribution is 5.96. The summed E-state index contributed by atoms with van der Waals surface area (Å²) in [6, 6.07) is 12.7. The summed E-state index contributed by atoms with van der Waals surface area (Å²) in [5.74, 6) is -1.25. The van der Waals surface area contributed by atoms with E-state index >= 15 is 0 Å². The highest BCUT2D eigenvalue weighted by atomic mass is 16.7. The summed E-state index contributed by atoms with van der Waals surface area (Å²) in [5, 5.41) is 11.6. The molecule has 0 amide bonds. The van der Waals surface area contributed by atoms with Crippen molar-refractivity contribution in [2.45, 2.75) is 23.7 Å². The fourth-order valence-electron chi connectivity index (χ4n) is 4.17. The molecule has 4 rings (SSSR count). The first kappa shape index (κ1) is 16.9. The van der Waals surface area contributed by atoms with Crippen molar-refractivity contribution in [3.8, 4) is 17.2 Å². The molecule has 1 aliphatic heterocycles. The van der Waals surface area contributed by atoms with E-state index in [0.29, 0.717) is 17.2 Å². The minimum absolute atomic E-state index is 0.100. The quantitative estimate of drug-likeness (QED) is 0.907. The summed E-state index contributed by atoms with van der Waals surface area (Å²) in [5.41, 5.74) is -0.821. The summed E-state index contributed by atoms with van der Waals surface area (Å²) in [7, 11) is 4.43. The van der Waals surface area contributed by atoms with Gasteiger partial charge in [-0.15, -0.1) is 0 Å². The van der Waals surface area contributed by atoms with Crippen LogP contribution in [0.2, 0.25) is 0 Å². The van der Waals surface area contributed by atoms with Crippen LogP contribution in [-0.2, 0) is 15.1 Å². The smallest absolute Gasteiger partial charge is 0.258 e. The Kier molecular flexibility index (Phi) is 3.71. The van der Waals surface area contributed by atoms with Gasteiger partial charge in [0.15, 0.2) is 5.78 Å². The molecule has 1 heterocycles. The number of ketones is 1. The van der Waals surface area contributed by atoms with Crippen molar-refractivity contribution in [3.63, 3.8) is 0 Å². The Morgan fingerprint density at radius 3 is 2.46 bits per heavy atom. The molecule has 6 nitrogen and oxygen atoms in total. The molecule has 2 aliphatic rings. The molecule has 6 heteroatoms. The summed E-state index contributed by atoms with van der Waals surface area (Å²) in [6.45, 7) is 0. The van der Waals surface area contributed by atoms with Gasteiger partial charge in [-0.2, -0.15) is 0 Å². The van der Waals surface area contributed by atoms with Crippen molar-refractivity contribution in [2.24, 2.45) is 0 Å². The molecule has 136 valence electrons. The molecule has 1 N–H and O–H groups in total. The van der Waals surface area contributed by atoms with Gasteiger partial charge in [-0.05, 0) is 5.56 Å². The molecule has 26 heavy (non-hydrogen) atoms. The molecule has 0 unspecified atom stereocenters. The number of carbonyl (C=O) groups excluding carboxylic acids is 1. The molecule has 1 saturated carbocycles. The molecule has 0 bridgehead atoms. The third-order valence-electron chi connectivity index (χ3n) is 5.38. The standard InChI is InChI=1S/C20H20O6/c1-23-13-9-15(24-2)18-16(10-13)26-20(25-3)14(11-17(21)19(18,20)22)12-7-5-4-6-8-12/h4-10,14,22H,11H2,1-3H3/t14-,19+,20-/m0/s1. The first-order chi connectivity index (χ1) is 12.5. The molecule has 0 aromatic heterocycles. The second-order valence-corrected chi connectivity index (χ2v) is 6.48. The van der Waals surface area contributed by atoms with E-state index in [1.807, 2.05) is 30.3 Å². The molecular weight excluding hydrogens is 336 g/mol. The topological polar surface area (TPSA) is 74.2 Å².